The van der Waals surface area contributed by atoms with E-state index in [0.717, 1.165) is 16.9 Å². The molecule has 90 valence electrons. The van der Waals surface area contributed by atoms with Gasteiger partial charge in [0, 0.05) is 11.1 Å². The third-order valence-corrected chi connectivity index (χ3v) is 2.36. The maximum absolute atomic E-state index is 12.7. The van der Waals surface area contributed by atoms with Crippen LogP contribution in [0.2, 0.25) is 0 Å². The molecule has 0 spiro atoms. The van der Waals surface area contributed by atoms with Crippen LogP contribution >= 0.6 is 0 Å². The summed E-state index contributed by atoms with van der Waals surface area (Å²) < 4.78 is 18.1. The summed E-state index contributed by atoms with van der Waals surface area (Å²) in [5, 5.41) is 0. The summed E-state index contributed by atoms with van der Waals surface area (Å²) in [5.41, 5.74) is 1.70. The molecule has 2 heteroatoms. The van der Waals surface area contributed by atoms with Crippen molar-refractivity contribution in [1.82, 2.24) is 0 Å². The van der Waals surface area contributed by atoms with Crippen LogP contribution in [0.3, 0.4) is 0 Å². The van der Waals surface area contributed by atoms with Crippen molar-refractivity contribution in [2.75, 3.05) is 6.61 Å². The Morgan fingerprint density at radius 1 is 0.889 bits per heavy atom. The van der Waals surface area contributed by atoms with Crippen LogP contribution in [0, 0.1) is 17.7 Å². The average Bonchev–Trinajstić information content (AvgIpc) is 2.40. The summed E-state index contributed by atoms with van der Waals surface area (Å²) in [6.45, 7) is 2.60. The van der Waals surface area contributed by atoms with Crippen LogP contribution in [0.1, 0.15) is 18.1 Å². The van der Waals surface area contributed by atoms with Crippen molar-refractivity contribution in [2.24, 2.45) is 0 Å². The van der Waals surface area contributed by atoms with Crippen molar-refractivity contribution in [1.29, 1.82) is 0 Å². The van der Waals surface area contributed by atoms with Crippen molar-refractivity contribution < 1.29 is 9.13 Å². The largest absolute Gasteiger partial charge is 0.494 e. The first-order valence-corrected chi connectivity index (χ1v) is 5.78. The van der Waals surface area contributed by atoms with E-state index in [1.807, 2.05) is 31.2 Å². The van der Waals surface area contributed by atoms with E-state index in [1.165, 1.54) is 12.1 Å². The van der Waals surface area contributed by atoms with Crippen molar-refractivity contribution in [2.45, 2.75) is 6.92 Å². The second-order valence-corrected chi connectivity index (χ2v) is 3.71. The molecule has 2 rings (SSSR count). The zero-order valence-corrected chi connectivity index (χ0v) is 10.1. The van der Waals surface area contributed by atoms with Crippen LogP contribution < -0.4 is 4.74 Å². The topological polar surface area (TPSA) is 9.23 Å². The fourth-order valence-corrected chi connectivity index (χ4v) is 1.48. The number of halogens is 1. The molecule has 0 saturated heterocycles. The molecule has 0 aromatic heterocycles. The normalized spacial score (nSPS) is 9.44. The van der Waals surface area contributed by atoms with Gasteiger partial charge < -0.3 is 4.74 Å². The highest BCUT2D eigenvalue weighted by atomic mass is 19.1. The molecule has 0 aliphatic carbocycles. The molecule has 0 unspecified atom stereocenters. The number of rotatable bonds is 2. The first kappa shape index (κ1) is 12.2. The standard InChI is InChI=1S/C16H13FO/c1-2-18-16-11-7-14(8-12-16)4-3-13-5-9-15(17)10-6-13/h5-12H,2H2,1H3. The van der Waals surface area contributed by atoms with Gasteiger partial charge in [-0.25, -0.2) is 4.39 Å². The summed E-state index contributed by atoms with van der Waals surface area (Å²) in [4.78, 5) is 0. The first-order chi connectivity index (χ1) is 8.78. The second kappa shape index (κ2) is 5.88. The summed E-state index contributed by atoms with van der Waals surface area (Å²) in [6.07, 6.45) is 0. The van der Waals surface area contributed by atoms with E-state index in [4.69, 9.17) is 4.74 Å². The highest BCUT2D eigenvalue weighted by Gasteiger charge is 1.92. The molecule has 0 N–H and O–H groups in total. The predicted molar refractivity (Wildman–Crippen MR) is 70.0 cm³/mol. The average molecular weight is 240 g/mol. The van der Waals surface area contributed by atoms with E-state index < -0.39 is 0 Å². The molecule has 0 bridgehead atoms. The highest BCUT2D eigenvalue weighted by Crippen LogP contribution is 2.11. The molecule has 0 fully saturated rings. The highest BCUT2D eigenvalue weighted by molar-refractivity contribution is 5.44. The molecule has 0 aliphatic heterocycles. The fraction of sp³-hybridized carbons (Fsp3) is 0.125. The molecule has 0 atom stereocenters. The van der Waals surface area contributed by atoms with Crippen molar-refractivity contribution in [3.63, 3.8) is 0 Å². The minimum atomic E-state index is -0.249. The zero-order valence-electron chi connectivity index (χ0n) is 10.1. The monoisotopic (exact) mass is 240 g/mol. The number of hydrogen-bond donors (Lipinski definition) is 0. The summed E-state index contributed by atoms with van der Waals surface area (Å²) in [7, 11) is 0. The molecule has 2 aromatic carbocycles. The lowest BCUT2D eigenvalue weighted by molar-refractivity contribution is 0.340. The van der Waals surface area contributed by atoms with Crippen LogP contribution in [0.4, 0.5) is 4.39 Å². The van der Waals surface area contributed by atoms with Gasteiger partial charge in [-0.15, -0.1) is 0 Å². The van der Waals surface area contributed by atoms with E-state index in [-0.39, 0.29) is 5.82 Å². The molecular formula is C16H13FO. The maximum atomic E-state index is 12.7. The van der Waals surface area contributed by atoms with E-state index in [0.29, 0.717) is 6.61 Å². The molecule has 1 nitrogen and oxygen atoms in total. The third-order valence-electron chi connectivity index (χ3n) is 2.36. The summed E-state index contributed by atoms with van der Waals surface area (Å²) in [5.74, 6) is 6.59. The predicted octanol–water partition coefficient (Wildman–Crippen LogP) is 3.62. The summed E-state index contributed by atoms with van der Waals surface area (Å²) in [6, 6.07) is 13.7. The van der Waals surface area contributed by atoms with Gasteiger partial charge in [0.15, 0.2) is 0 Å². The SMILES string of the molecule is CCOc1ccc(C#Cc2ccc(F)cc2)cc1. The molecule has 0 aliphatic rings. The van der Waals surface area contributed by atoms with Gasteiger partial charge in [-0.3, -0.25) is 0 Å². The van der Waals surface area contributed by atoms with E-state index in [2.05, 4.69) is 11.8 Å². The summed E-state index contributed by atoms with van der Waals surface area (Å²) >= 11 is 0. The van der Waals surface area contributed by atoms with Gasteiger partial charge in [-0.2, -0.15) is 0 Å². The van der Waals surface area contributed by atoms with Crippen LogP contribution in [0.25, 0.3) is 0 Å². The smallest absolute Gasteiger partial charge is 0.123 e. The lowest BCUT2D eigenvalue weighted by atomic mass is 10.2. The Morgan fingerprint density at radius 3 is 1.89 bits per heavy atom. The third kappa shape index (κ3) is 3.36. The van der Waals surface area contributed by atoms with Crippen LogP contribution in [-0.2, 0) is 0 Å². The van der Waals surface area contributed by atoms with Crippen molar-refractivity contribution >= 4 is 0 Å². The Morgan fingerprint density at radius 2 is 1.39 bits per heavy atom. The van der Waals surface area contributed by atoms with Gasteiger partial charge in [0.1, 0.15) is 11.6 Å². The number of hydrogen-bond acceptors (Lipinski definition) is 1. The Kier molecular flexibility index (Phi) is 3.98. The van der Waals surface area contributed by atoms with Gasteiger partial charge >= 0.3 is 0 Å². The Hall–Kier alpha value is -2.27. The Balaban J connectivity index is 2.12. The molecule has 2 aromatic rings. The second-order valence-electron chi connectivity index (χ2n) is 3.71. The van der Waals surface area contributed by atoms with E-state index in [1.54, 1.807) is 12.1 Å². The molecule has 0 amide bonds. The quantitative estimate of drug-likeness (QED) is 0.728. The minimum absolute atomic E-state index is 0.249. The van der Waals surface area contributed by atoms with Crippen molar-refractivity contribution in [3.8, 4) is 17.6 Å². The molecule has 0 saturated carbocycles. The lowest BCUT2D eigenvalue weighted by Crippen LogP contribution is -1.90. The Bertz CT molecular complexity index is 559. The van der Waals surface area contributed by atoms with E-state index in [9.17, 15) is 4.39 Å². The van der Waals surface area contributed by atoms with Crippen LogP contribution in [0.15, 0.2) is 48.5 Å². The number of ether oxygens (including phenoxy) is 1. The lowest BCUT2D eigenvalue weighted by Gasteiger charge is -2.01. The molecule has 18 heavy (non-hydrogen) atoms. The Labute approximate surface area is 106 Å². The first-order valence-electron chi connectivity index (χ1n) is 5.78. The van der Waals surface area contributed by atoms with Gasteiger partial charge in [0.05, 0.1) is 6.61 Å². The van der Waals surface area contributed by atoms with Crippen LogP contribution in [-0.4, -0.2) is 6.61 Å². The molecular weight excluding hydrogens is 227 g/mol. The van der Waals surface area contributed by atoms with Gasteiger partial charge in [0.25, 0.3) is 0 Å². The van der Waals surface area contributed by atoms with Gasteiger partial charge in [-0.05, 0) is 55.5 Å². The van der Waals surface area contributed by atoms with Gasteiger partial charge in [-0.1, -0.05) is 11.8 Å². The van der Waals surface area contributed by atoms with Crippen molar-refractivity contribution in [3.05, 3.63) is 65.5 Å². The maximum Gasteiger partial charge on any atom is 0.123 e. The van der Waals surface area contributed by atoms with Gasteiger partial charge in [0.2, 0.25) is 0 Å². The fourth-order valence-electron chi connectivity index (χ4n) is 1.48. The number of benzene rings is 2. The molecule has 0 heterocycles. The molecule has 0 radical (unpaired) electrons. The zero-order chi connectivity index (χ0) is 12.8. The van der Waals surface area contributed by atoms with E-state index >= 15 is 0 Å². The minimum Gasteiger partial charge on any atom is -0.494 e. The van der Waals surface area contributed by atoms with Crippen LogP contribution in [0.5, 0.6) is 5.75 Å².